The SMILES string of the molecule is NNC(Cc1ccc(F)cc1)C(F)(F)Cl. The number of hydrogen-bond donors (Lipinski definition) is 2. The average Bonchev–Trinajstić information content (AvgIpc) is 2.15. The Labute approximate surface area is 90.2 Å². The zero-order valence-electron chi connectivity index (χ0n) is 7.68. The summed E-state index contributed by atoms with van der Waals surface area (Å²) in [5.41, 5.74) is 2.46. The predicted octanol–water partition coefficient (Wildman–Crippen LogP) is 2.03. The van der Waals surface area contributed by atoms with E-state index in [-0.39, 0.29) is 6.42 Å². The summed E-state index contributed by atoms with van der Waals surface area (Å²) in [6.07, 6.45) is -0.0761. The molecule has 0 aliphatic carbocycles. The zero-order chi connectivity index (χ0) is 11.5. The van der Waals surface area contributed by atoms with Crippen LogP contribution in [0.5, 0.6) is 0 Å². The minimum atomic E-state index is -3.44. The first kappa shape index (κ1) is 12.3. The molecule has 1 rings (SSSR count). The molecule has 2 nitrogen and oxygen atoms in total. The van der Waals surface area contributed by atoms with E-state index in [9.17, 15) is 13.2 Å². The van der Waals surface area contributed by atoms with Crippen LogP contribution in [0.2, 0.25) is 0 Å². The molecule has 1 aromatic rings. The van der Waals surface area contributed by atoms with Crippen molar-refractivity contribution in [1.29, 1.82) is 0 Å². The lowest BCUT2D eigenvalue weighted by atomic mass is 10.1. The first-order chi connectivity index (χ1) is 6.93. The van der Waals surface area contributed by atoms with Crippen LogP contribution in [0.15, 0.2) is 24.3 Å². The Morgan fingerprint density at radius 1 is 1.33 bits per heavy atom. The summed E-state index contributed by atoms with van der Waals surface area (Å²) in [6.45, 7) is 0. The van der Waals surface area contributed by atoms with Crippen LogP contribution in [0.4, 0.5) is 13.2 Å². The van der Waals surface area contributed by atoms with Crippen LogP contribution in [-0.4, -0.2) is 11.4 Å². The Morgan fingerprint density at radius 2 is 1.87 bits per heavy atom. The van der Waals surface area contributed by atoms with Gasteiger partial charge in [0.2, 0.25) is 0 Å². The number of nitrogens with one attached hydrogen (secondary N) is 1. The topological polar surface area (TPSA) is 38.0 Å². The van der Waals surface area contributed by atoms with E-state index in [1.807, 2.05) is 5.43 Å². The monoisotopic (exact) mass is 238 g/mol. The van der Waals surface area contributed by atoms with Crippen molar-refractivity contribution in [2.24, 2.45) is 5.84 Å². The fourth-order valence-corrected chi connectivity index (χ4v) is 1.27. The summed E-state index contributed by atoms with van der Waals surface area (Å²) in [6, 6.07) is 3.81. The number of halogens is 4. The molecule has 84 valence electrons. The van der Waals surface area contributed by atoms with Crippen molar-refractivity contribution in [1.82, 2.24) is 5.43 Å². The second-order valence-corrected chi connectivity index (χ2v) is 3.60. The van der Waals surface area contributed by atoms with Crippen molar-refractivity contribution in [3.8, 4) is 0 Å². The molecule has 0 aliphatic rings. The third kappa shape index (κ3) is 3.70. The third-order valence-corrected chi connectivity index (χ3v) is 2.21. The Bertz CT molecular complexity index is 310. The highest BCUT2D eigenvalue weighted by molar-refractivity contribution is 6.22. The molecule has 15 heavy (non-hydrogen) atoms. The highest BCUT2D eigenvalue weighted by atomic mass is 35.5. The highest BCUT2D eigenvalue weighted by Gasteiger charge is 2.36. The summed E-state index contributed by atoms with van der Waals surface area (Å²) in [7, 11) is 0. The number of hydrazine groups is 1. The van der Waals surface area contributed by atoms with Gasteiger partial charge < -0.3 is 0 Å². The maximum absolute atomic E-state index is 12.7. The predicted molar refractivity (Wildman–Crippen MR) is 52.0 cm³/mol. The second kappa shape index (κ2) is 4.83. The van der Waals surface area contributed by atoms with E-state index >= 15 is 0 Å². The molecular formula is C9H10ClF3N2. The van der Waals surface area contributed by atoms with Crippen molar-refractivity contribution in [3.05, 3.63) is 35.6 Å². The minimum Gasteiger partial charge on any atom is -0.271 e. The van der Waals surface area contributed by atoms with Gasteiger partial charge in [-0.3, -0.25) is 5.84 Å². The fraction of sp³-hybridized carbons (Fsp3) is 0.333. The van der Waals surface area contributed by atoms with Gasteiger partial charge in [-0.2, -0.15) is 8.78 Å². The first-order valence-corrected chi connectivity index (χ1v) is 4.58. The van der Waals surface area contributed by atoms with Gasteiger partial charge in [-0.1, -0.05) is 12.1 Å². The quantitative estimate of drug-likeness (QED) is 0.479. The zero-order valence-corrected chi connectivity index (χ0v) is 8.44. The largest absolute Gasteiger partial charge is 0.338 e. The molecule has 3 N–H and O–H groups in total. The molecule has 1 atom stereocenters. The number of nitrogens with two attached hydrogens (primary N) is 1. The Hall–Kier alpha value is -0.780. The summed E-state index contributed by atoms with van der Waals surface area (Å²) in [4.78, 5) is 0. The maximum Gasteiger partial charge on any atom is 0.338 e. The Balaban J connectivity index is 2.71. The molecule has 0 fully saturated rings. The molecule has 0 bridgehead atoms. The van der Waals surface area contributed by atoms with Gasteiger partial charge in [0, 0.05) is 0 Å². The summed E-state index contributed by atoms with van der Waals surface area (Å²) >= 11 is 4.83. The second-order valence-electron chi connectivity index (χ2n) is 3.09. The number of rotatable bonds is 4. The van der Waals surface area contributed by atoms with E-state index in [1.165, 1.54) is 24.3 Å². The molecule has 0 amide bonds. The van der Waals surface area contributed by atoms with Gasteiger partial charge in [-0.25, -0.2) is 9.82 Å². The van der Waals surface area contributed by atoms with Gasteiger partial charge in [0.05, 0.1) is 0 Å². The first-order valence-electron chi connectivity index (χ1n) is 4.21. The smallest absolute Gasteiger partial charge is 0.271 e. The van der Waals surface area contributed by atoms with Crippen LogP contribution in [0, 0.1) is 5.82 Å². The normalized spacial score (nSPS) is 13.9. The van der Waals surface area contributed by atoms with Crippen molar-refractivity contribution >= 4 is 11.6 Å². The van der Waals surface area contributed by atoms with E-state index in [4.69, 9.17) is 17.4 Å². The molecule has 1 unspecified atom stereocenters. The molecule has 0 saturated carbocycles. The molecule has 0 heterocycles. The van der Waals surface area contributed by atoms with E-state index in [0.717, 1.165) is 0 Å². The standard InChI is InChI=1S/C9H10ClF3N2/c10-9(12,13)8(15-14)5-6-1-3-7(11)4-2-6/h1-4,8,15H,5,14H2. The molecular weight excluding hydrogens is 229 g/mol. The van der Waals surface area contributed by atoms with Crippen LogP contribution in [0.1, 0.15) is 5.56 Å². The lowest BCUT2D eigenvalue weighted by Crippen LogP contribution is -2.46. The van der Waals surface area contributed by atoms with Crippen LogP contribution >= 0.6 is 11.6 Å². The van der Waals surface area contributed by atoms with E-state index in [0.29, 0.717) is 5.56 Å². The Kier molecular flexibility index (Phi) is 3.96. The van der Waals surface area contributed by atoms with Crippen LogP contribution < -0.4 is 11.3 Å². The molecule has 1 aromatic carbocycles. The van der Waals surface area contributed by atoms with Crippen molar-refractivity contribution in [2.75, 3.05) is 0 Å². The number of alkyl halides is 3. The van der Waals surface area contributed by atoms with Gasteiger partial charge in [0.25, 0.3) is 0 Å². The van der Waals surface area contributed by atoms with Crippen molar-refractivity contribution in [3.63, 3.8) is 0 Å². The van der Waals surface area contributed by atoms with E-state index in [2.05, 4.69) is 0 Å². The van der Waals surface area contributed by atoms with Crippen LogP contribution in [0.3, 0.4) is 0 Å². The van der Waals surface area contributed by atoms with Crippen LogP contribution in [0.25, 0.3) is 0 Å². The van der Waals surface area contributed by atoms with Gasteiger partial charge >= 0.3 is 5.38 Å². The summed E-state index contributed by atoms with van der Waals surface area (Å²) in [5.74, 6) is 4.53. The lowest BCUT2D eigenvalue weighted by molar-refractivity contribution is 0.0503. The fourth-order valence-electron chi connectivity index (χ4n) is 1.13. The average molecular weight is 239 g/mol. The van der Waals surface area contributed by atoms with Crippen LogP contribution in [-0.2, 0) is 6.42 Å². The number of benzene rings is 1. The van der Waals surface area contributed by atoms with Crippen molar-refractivity contribution in [2.45, 2.75) is 17.8 Å². The van der Waals surface area contributed by atoms with Crippen molar-refractivity contribution < 1.29 is 13.2 Å². The minimum absolute atomic E-state index is 0.0761. The molecule has 0 spiro atoms. The Morgan fingerprint density at radius 3 is 2.27 bits per heavy atom. The van der Waals surface area contributed by atoms with Gasteiger partial charge in [-0.05, 0) is 35.7 Å². The number of hydrogen-bond acceptors (Lipinski definition) is 2. The molecule has 0 saturated heterocycles. The summed E-state index contributed by atoms with van der Waals surface area (Å²) in [5, 5.41) is -3.44. The maximum atomic E-state index is 12.7. The lowest BCUT2D eigenvalue weighted by Gasteiger charge is -2.20. The molecule has 0 aliphatic heterocycles. The van der Waals surface area contributed by atoms with E-state index in [1.54, 1.807) is 0 Å². The highest BCUT2D eigenvalue weighted by Crippen LogP contribution is 2.25. The van der Waals surface area contributed by atoms with E-state index < -0.39 is 17.2 Å². The molecule has 0 radical (unpaired) electrons. The van der Waals surface area contributed by atoms with Gasteiger partial charge in [0.15, 0.2) is 0 Å². The molecule has 6 heteroatoms. The summed E-state index contributed by atoms with van der Waals surface area (Å²) < 4.78 is 37.9. The van der Waals surface area contributed by atoms with Gasteiger partial charge in [0.1, 0.15) is 11.9 Å². The third-order valence-electron chi connectivity index (χ3n) is 1.95. The van der Waals surface area contributed by atoms with Gasteiger partial charge in [-0.15, -0.1) is 0 Å². The molecule has 0 aromatic heterocycles.